The Labute approximate surface area is 108 Å². The maximum Gasteiger partial charge on any atom is 0.323 e. The van der Waals surface area contributed by atoms with Crippen LogP contribution in [0, 0.1) is 6.92 Å². The topological polar surface area (TPSA) is 67.2 Å². The van der Waals surface area contributed by atoms with E-state index in [2.05, 4.69) is 10.4 Å². The van der Waals surface area contributed by atoms with Gasteiger partial charge in [-0.1, -0.05) is 13.3 Å². The zero-order chi connectivity index (χ0) is 13.9. The van der Waals surface area contributed by atoms with E-state index < -0.39 is 11.5 Å². The number of aryl methyl sites for hydroxylation is 2. The van der Waals surface area contributed by atoms with Crippen LogP contribution in [0.2, 0.25) is 0 Å². The van der Waals surface area contributed by atoms with Gasteiger partial charge in [-0.05, 0) is 27.2 Å². The van der Waals surface area contributed by atoms with Crippen molar-refractivity contribution in [2.24, 2.45) is 7.05 Å². The van der Waals surface area contributed by atoms with E-state index in [1.165, 1.54) is 0 Å². The molecular weight excluding hydrogens is 230 g/mol. The third kappa shape index (κ3) is 3.10. The summed E-state index contributed by atoms with van der Waals surface area (Å²) in [5, 5.41) is 16.8. The molecule has 0 aromatic carbocycles. The Kier molecular flexibility index (Phi) is 4.51. The number of aromatic nitrogens is 2. The molecule has 102 valence electrons. The van der Waals surface area contributed by atoms with Crippen molar-refractivity contribution in [3.05, 3.63) is 17.5 Å². The van der Waals surface area contributed by atoms with Gasteiger partial charge in [0.2, 0.25) is 0 Å². The molecule has 1 heterocycles. The molecule has 0 fully saturated rings. The number of aliphatic carboxylic acids is 1. The van der Waals surface area contributed by atoms with Crippen LogP contribution in [-0.4, -0.2) is 26.4 Å². The van der Waals surface area contributed by atoms with E-state index in [0.29, 0.717) is 6.42 Å². The molecule has 1 rings (SSSR count). The summed E-state index contributed by atoms with van der Waals surface area (Å²) in [5.41, 5.74) is 1.08. The number of rotatable bonds is 6. The monoisotopic (exact) mass is 253 g/mol. The van der Waals surface area contributed by atoms with Crippen LogP contribution in [0.1, 0.15) is 50.9 Å². The van der Waals surface area contributed by atoms with Crippen molar-refractivity contribution < 1.29 is 9.90 Å². The Morgan fingerprint density at radius 3 is 2.67 bits per heavy atom. The van der Waals surface area contributed by atoms with Gasteiger partial charge in [0.1, 0.15) is 5.54 Å². The number of nitrogens with zero attached hydrogens (tertiary/aromatic N) is 2. The van der Waals surface area contributed by atoms with Gasteiger partial charge in [0, 0.05) is 24.8 Å². The molecule has 18 heavy (non-hydrogen) atoms. The highest BCUT2D eigenvalue weighted by atomic mass is 16.4. The average Bonchev–Trinajstić information content (AvgIpc) is 2.57. The summed E-state index contributed by atoms with van der Waals surface area (Å²) in [6.45, 7) is 7.64. The fraction of sp³-hybridized carbons (Fsp3) is 0.692. The molecule has 0 aliphatic rings. The number of hydrogen-bond donors (Lipinski definition) is 2. The van der Waals surface area contributed by atoms with Crippen LogP contribution >= 0.6 is 0 Å². The molecule has 2 unspecified atom stereocenters. The van der Waals surface area contributed by atoms with Crippen molar-refractivity contribution in [3.63, 3.8) is 0 Å². The van der Waals surface area contributed by atoms with Gasteiger partial charge in [-0.15, -0.1) is 0 Å². The van der Waals surface area contributed by atoms with Crippen molar-refractivity contribution in [3.8, 4) is 0 Å². The predicted octanol–water partition coefficient (Wildman–Crippen LogP) is 2.02. The van der Waals surface area contributed by atoms with E-state index in [1.54, 1.807) is 11.6 Å². The lowest BCUT2D eigenvalue weighted by Crippen LogP contribution is -2.50. The maximum atomic E-state index is 11.4. The zero-order valence-electron chi connectivity index (χ0n) is 11.8. The van der Waals surface area contributed by atoms with Gasteiger partial charge in [-0.2, -0.15) is 5.10 Å². The van der Waals surface area contributed by atoms with Crippen LogP contribution < -0.4 is 5.32 Å². The molecule has 0 spiro atoms. The zero-order valence-corrected chi connectivity index (χ0v) is 11.8. The molecule has 0 amide bonds. The average molecular weight is 253 g/mol. The van der Waals surface area contributed by atoms with Gasteiger partial charge in [-0.25, -0.2) is 0 Å². The third-order valence-electron chi connectivity index (χ3n) is 3.28. The fourth-order valence-electron chi connectivity index (χ4n) is 2.34. The second kappa shape index (κ2) is 5.52. The van der Waals surface area contributed by atoms with Crippen LogP contribution in [-0.2, 0) is 11.8 Å². The van der Waals surface area contributed by atoms with Crippen molar-refractivity contribution in [1.82, 2.24) is 15.1 Å². The highest BCUT2D eigenvalue weighted by Gasteiger charge is 2.33. The van der Waals surface area contributed by atoms with Gasteiger partial charge in [-0.3, -0.25) is 14.8 Å². The number of nitrogens with one attached hydrogen (secondary N) is 1. The fourth-order valence-corrected chi connectivity index (χ4v) is 2.34. The summed E-state index contributed by atoms with van der Waals surface area (Å²) < 4.78 is 1.75. The van der Waals surface area contributed by atoms with Crippen LogP contribution in [0.15, 0.2) is 6.20 Å². The lowest BCUT2D eigenvalue weighted by atomic mass is 9.94. The minimum Gasteiger partial charge on any atom is -0.480 e. The molecule has 2 atom stereocenters. The number of carboxylic acids is 1. The smallest absolute Gasteiger partial charge is 0.323 e. The van der Waals surface area contributed by atoms with Crippen LogP contribution in [0.3, 0.4) is 0 Å². The van der Waals surface area contributed by atoms with E-state index in [4.69, 9.17) is 0 Å². The van der Waals surface area contributed by atoms with E-state index in [1.807, 2.05) is 34.0 Å². The lowest BCUT2D eigenvalue weighted by molar-refractivity contribution is -0.144. The number of hydrogen-bond acceptors (Lipinski definition) is 3. The molecule has 0 radical (unpaired) electrons. The Morgan fingerprint density at radius 1 is 1.67 bits per heavy atom. The second-order valence-electron chi connectivity index (χ2n) is 5.10. The Hall–Kier alpha value is -1.36. The van der Waals surface area contributed by atoms with Crippen LogP contribution in [0.25, 0.3) is 0 Å². The van der Waals surface area contributed by atoms with Crippen molar-refractivity contribution in [2.75, 3.05) is 0 Å². The van der Waals surface area contributed by atoms with E-state index in [0.717, 1.165) is 17.7 Å². The predicted molar refractivity (Wildman–Crippen MR) is 70.4 cm³/mol. The van der Waals surface area contributed by atoms with Crippen LogP contribution in [0.4, 0.5) is 0 Å². The highest BCUT2D eigenvalue weighted by Crippen LogP contribution is 2.22. The normalized spacial score (nSPS) is 16.3. The van der Waals surface area contributed by atoms with Gasteiger partial charge < -0.3 is 5.11 Å². The second-order valence-corrected chi connectivity index (χ2v) is 5.10. The van der Waals surface area contributed by atoms with E-state index >= 15 is 0 Å². The summed E-state index contributed by atoms with van der Waals surface area (Å²) in [6, 6.07) is -0.0358. The third-order valence-corrected chi connectivity index (χ3v) is 3.28. The van der Waals surface area contributed by atoms with Crippen LogP contribution in [0.5, 0.6) is 0 Å². The molecule has 0 saturated heterocycles. The summed E-state index contributed by atoms with van der Waals surface area (Å²) in [5.74, 6) is -0.808. The first-order valence-electron chi connectivity index (χ1n) is 6.31. The molecule has 1 aromatic heterocycles. The number of carboxylic acid groups (broad SMARTS) is 1. The molecule has 1 aromatic rings. The molecule has 0 aliphatic carbocycles. The first-order chi connectivity index (χ1) is 8.30. The molecule has 0 aliphatic heterocycles. The van der Waals surface area contributed by atoms with Crippen molar-refractivity contribution in [2.45, 2.75) is 52.1 Å². The minimum atomic E-state index is -0.892. The summed E-state index contributed by atoms with van der Waals surface area (Å²) in [7, 11) is 1.87. The molecular formula is C13H23N3O2. The maximum absolute atomic E-state index is 11.4. The van der Waals surface area contributed by atoms with E-state index in [-0.39, 0.29) is 6.04 Å². The Balaban J connectivity index is 2.88. The quantitative estimate of drug-likeness (QED) is 0.814. The minimum absolute atomic E-state index is 0.0358. The van der Waals surface area contributed by atoms with Gasteiger partial charge in [0.15, 0.2) is 0 Å². The first-order valence-corrected chi connectivity index (χ1v) is 6.31. The molecule has 5 nitrogen and oxygen atoms in total. The highest BCUT2D eigenvalue weighted by molar-refractivity contribution is 5.78. The summed E-state index contributed by atoms with van der Waals surface area (Å²) in [4.78, 5) is 11.4. The van der Waals surface area contributed by atoms with Gasteiger partial charge >= 0.3 is 5.97 Å². The first kappa shape index (κ1) is 14.7. The summed E-state index contributed by atoms with van der Waals surface area (Å²) >= 11 is 0. The van der Waals surface area contributed by atoms with Crippen molar-refractivity contribution in [1.29, 1.82) is 0 Å². The molecule has 5 heteroatoms. The molecule has 2 N–H and O–H groups in total. The lowest BCUT2D eigenvalue weighted by Gasteiger charge is -2.29. The molecule has 0 saturated carbocycles. The summed E-state index contributed by atoms with van der Waals surface area (Å²) in [6.07, 6.45) is 3.36. The Morgan fingerprint density at radius 2 is 2.28 bits per heavy atom. The van der Waals surface area contributed by atoms with Crippen molar-refractivity contribution >= 4 is 5.97 Å². The standard InChI is InChI=1S/C13H23N3O2/c1-6-7-13(4,12(17)18)14-9(2)11-8-16(5)15-10(11)3/h8-9,14H,6-7H2,1-5H3,(H,17,18). The largest absolute Gasteiger partial charge is 0.480 e. The Bertz CT molecular complexity index is 428. The van der Waals surface area contributed by atoms with E-state index in [9.17, 15) is 9.90 Å². The SMILES string of the molecule is CCCC(C)(NC(C)c1cn(C)nc1C)C(=O)O. The van der Waals surface area contributed by atoms with Gasteiger partial charge in [0.25, 0.3) is 0 Å². The molecule has 0 bridgehead atoms. The van der Waals surface area contributed by atoms with Gasteiger partial charge in [0.05, 0.1) is 5.69 Å². The number of carbonyl (C=O) groups is 1.